The van der Waals surface area contributed by atoms with Crippen molar-refractivity contribution in [2.75, 3.05) is 13.2 Å². The SMILES string of the molecule is CCCOC(=O)c1ccc(OCC(O)Cn2c[n+](C)c3ccccc32)cc1.[I-]. The van der Waals surface area contributed by atoms with Crippen LogP contribution < -0.4 is 33.3 Å². The van der Waals surface area contributed by atoms with E-state index in [4.69, 9.17) is 9.47 Å². The van der Waals surface area contributed by atoms with Crippen molar-refractivity contribution in [2.45, 2.75) is 26.0 Å². The van der Waals surface area contributed by atoms with Gasteiger partial charge in [-0.15, -0.1) is 0 Å². The third-order valence-electron chi connectivity index (χ3n) is 4.26. The first kappa shape index (κ1) is 22.2. The molecule has 6 nitrogen and oxygen atoms in total. The molecule has 0 bridgehead atoms. The summed E-state index contributed by atoms with van der Waals surface area (Å²) in [6.45, 7) is 2.96. The lowest BCUT2D eigenvalue weighted by Gasteiger charge is -2.11. The maximum absolute atomic E-state index is 11.8. The molecule has 28 heavy (non-hydrogen) atoms. The molecule has 150 valence electrons. The van der Waals surface area contributed by atoms with Crippen LogP contribution in [0.2, 0.25) is 0 Å². The van der Waals surface area contributed by atoms with Crippen LogP contribution >= 0.6 is 0 Å². The van der Waals surface area contributed by atoms with Gasteiger partial charge in [-0.3, -0.25) is 0 Å². The number of imidazole rings is 1. The van der Waals surface area contributed by atoms with Crippen molar-refractivity contribution in [3.63, 3.8) is 0 Å². The number of halogens is 1. The fourth-order valence-corrected chi connectivity index (χ4v) is 2.92. The predicted molar refractivity (Wildman–Crippen MR) is 102 cm³/mol. The Balaban J connectivity index is 0.00000280. The van der Waals surface area contributed by atoms with E-state index in [1.807, 2.05) is 53.7 Å². The molecule has 0 amide bonds. The lowest BCUT2D eigenvalue weighted by atomic mass is 10.2. The maximum Gasteiger partial charge on any atom is 0.338 e. The molecule has 0 aliphatic carbocycles. The summed E-state index contributed by atoms with van der Waals surface area (Å²) in [4.78, 5) is 11.8. The second-order valence-corrected chi connectivity index (χ2v) is 6.49. The van der Waals surface area contributed by atoms with E-state index in [0.717, 1.165) is 17.5 Å². The number of benzene rings is 2. The van der Waals surface area contributed by atoms with E-state index in [-0.39, 0.29) is 36.6 Å². The first-order valence-corrected chi connectivity index (χ1v) is 9.10. The van der Waals surface area contributed by atoms with Gasteiger partial charge in [0, 0.05) is 0 Å². The van der Waals surface area contributed by atoms with Gasteiger partial charge in [-0.1, -0.05) is 19.1 Å². The summed E-state index contributed by atoms with van der Waals surface area (Å²) in [5.74, 6) is 0.264. The second-order valence-electron chi connectivity index (χ2n) is 6.49. The Hall–Kier alpha value is -2.13. The van der Waals surface area contributed by atoms with E-state index in [1.165, 1.54) is 0 Å². The number of aliphatic hydroxyl groups is 1. The highest BCUT2D eigenvalue weighted by Crippen LogP contribution is 2.15. The molecule has 0 spiro atoms. The standard InChI is InChI=1S/C21H25N2O4.HI/c1-3-12-26-21(25)16-8-10-18(11-9-16)27-14-17(24)13-23-15-22(2)19-6-4-5-7-20(19)23;/h4-11,15,17,24H,3,12-14H2,1-2H3;1H/q+1;/p-1. The number of esters is 1. The first-order valence-electron chi connectivity index (χ1n) is 9.10. The minimum Gasteiger partial charge on any atom is -1.00 e. The fourth-order valence-electron chi connectivity index (χ4n) is 2.92. The van der Waals surface area contributed by atoms with Crippen LogP contribution in [-0.4, -0.2) is 35.0 Å². The Morgan fingerprint density at radius 1 is 1.18 bits per heavy atom. The highest BCUT2D eigenvalue weighted by atomic mass is 127. The number of hydrogen-bond acceptors (Lipinski definition) is 4. The molecule has 0 aliphatic heterocycles. The van der Waals surface area contributed by atoms with E-state index in [9.17, 15) is 9.90 Å². The molecule has 3 rings (SSSR count). The molecule has 0 aliphatic rings. The van der Waals surface area contributed by atoms with Crippen molar-refractivity contribution in [3.05, 3.63) is 60.4 Å². The molecule has 0 saturated carbocycles. The number of nitrogens with zero attached hydrogens (tertiary/aromatic N) is 2. The number of hydrogen-bond donors (Lipinski definition) is 1. The number of para-hydroxylation sites is 2. The van der Waals surface area contributed by atoms with Crippen LogP contribution in [0.5, 0.6) is 5.75 Å². The van der Waals surface area contributed by atoms with Crippen LogP contribution in [0, 0.1) is 0 Å². The molecule has 2 aromatic carbocycles. The molecule has 3 aromatic rings. The number of carbonyl (C=O) groups excluding carboxylic acids is 1. The summed E-state index contributed by atoms with van der Waals surface area (Å²) in [6, 6.07) is 14.8. The first-order chi connectivity index (χ1) is 13.1. The summed E-state index contributed by atoms with van der Waals surface area (Å²) in [5, 5.41) is 10.3. The molecule has 1 unspecified atom stereocenters. The van der Waals surface area contributed by atoms with Gasteiger partial charge >= 0.3 is 5.97 Å². The second kappa shape index (κ2) is 10.4. The summed E-state index contributed by atoms with van der Waals surface area (Å²) >= 11 is 0. The molecule has 1 aromatic heterocycles. The highest BCUT2D eigenvalue weighted by Gasteiger charge is 2.16. The zero-order chi connectivity index (χ0) is 19.2. The van der Waals surface area contributed by atoms with Crippen LogP contribution in [0.15, 0.2) is 54.9 Å². The molecular formula is C21H25IN2O4. The van der Waals surface area contributed by atoms with Gasteiger partial charge < -0.3 is 38.6 Å². The molecule has 1 atom stereocenters. The molecular weight excluding hydrogens is 471 g/mol. The van der Waals surface area contributed by atoms with Crippen LogP contribution in [-0.2, 0) is 18.3 Å². The van der Waals surface area contributed by atoms with E-state index in [2.05, 4.69) is 0 Å². The Morgan fingerprint density at radius 2 is 1.89 bits per heavy atom. The Bertz CT molecular complexity index is 908. The summed E-state index contributed by atoms with van der Waals surface area (Å²) < 4.78 is 14.8. The van der Waals surface area contributed by atoms with Gasteiger partial charge in [0.1, 0.15) is 25.0 Å². The predicted octanol–water partition coefficient (Wildman–Crippen LogP) is -0.523. The third kappa shape index (κ3) is 5.45. The van der Waals surface area contributed by atoms with Crippen LogP contribution in [0.1, 0.15) is 23.7 Å². The van der Waals surface area contributed by atoms with Gasteiger partial charge in [0.15, 0.2) is 11.0 Å². The number of aliphatic hydroxyl groups excluding tert-OH is 1. The van der Waals surface area contributed by atoms with Crippen LogP contribution in [0.4, 0.5) is 0 Å². The molecule has 1 heterocycles. The number of aromatic nitrogens is 2. The van der Waals surface area contributed by atoms with E-state index in [0.29, 0.717) is 24.5 Å². The lowest BCUT2D eigenvalue weighted by molar-refractivity contribution is -0.645. The third-order valence-corrected chi connectivity index (χ3v) is 4.26. The molecule has 0 fully saturated rings. The molecule has 0 radical (unpaired) electrons. The van der Waals surface area contributed by atoms with Gasteiger partial charge in [-0.05, 0) is 42.8 Å². The number of ether oxygens (including phenoxy) is 2. The van der Waals surface area contributed by atoms with Crippen LogP contribution in [0.25, 0.3) is 11.0 Å². The van der Waals surface area contributed by atoms with Crippen molar-refractivity contribution in [2.24, 2.45) is 7.05 Å². The van der Waals surface area contributed by atoms with Gasteiger partial charge in [0.2, 0.25) is 6.33 Å². The normalized spacial score (nSPS) is 11.7. The summed E-state index contributed by atoms with van der Waals surface area (Å²) in [5.41, 5.74) is 2.66. The average molecular weight is 496 g/mol. The van der Waals surface area contributed by atoms with E-state index >= 15 is 0 Å². The van der Waals surface area contributed by atoms with Gasteiger partial charge in [-0.25, -0.2) is 13.9 Å². The van der Waals surface area contributed by atoms with Crippen molar-refractivity contribution >= 4 is 17.0 Å². The van der Waals surface area contributed by atoms with E-state index in [1.54, 1.807) is 24.3 Å². The Labute approximate surface area is 181 Å². The molecule has 0 saturated heterocycles. The summed E-state index contributed by atoms with van der Waals surface area (Å²) in [6.07, 6.45) is 2.10. The fraction of sp³-hybridized carbons (Fsp3) is 0.333. The number of aryl methyl sites for hydroxylation is 1. The number of carbonyl (C=O) groups is 1. The van der Waals surface area contributed by atoms with Gasteiger partial charge in [0.25, 0.3) is 0 Å². The Kier molecular flexibility index (Phi) is 8.25. The Morgan fingerprint density at radius 3 is 2.61 bits per heavy atom. The zero-order valence-corrected chi connectivity index (χ0v) is 18.2. The van der Waals surface area contributed by atoms with Gasteiger partial charge in [-0.2, -0.15) is 0 Å². The largest absolute Gasteiger partial charge is 1.00 e. The van der Waals surface area contributed by atoms with Crippen molar-refractivity contribution in [3.8, 4) is 5.75 Å². The molecule has 1 N–H and O–H groups in total. The van der Waals surface area contributed by atoms with Crippen molar-refractivity contribution in [1.82, 2.24) is 4.57 Å². The van der Waals surface area contributed by atoms with Crippen molar-refractivity contribution < 1.29 is 47.9 Å². The topological polar surface area (TPSA) is 64.6 Å². The monoisotopic (exact) mass is 496 g/mol. The quantitative estimate of drug-likeness (QED) is 0.259. The average Bonchev–Trinajstić information content (AvgIpc) is 3.00. The van der Waals surface area contributed by atoms with E-state index < -0.39 is 6.10 Å². The summed E-state index contributed by atoms with van der Waals surface area (Å²) in [7, 11) is 1.98. The van der Waals surface area contributed by atoms with Crippen LogP contribution in [0.3, 0.4) is 0 Å². The minimum atomic E-state index is -0.657. The smallest absolute Gasteiger partial charge is 0.338 e. The number of fused-ring (bicyclic) bond motifs is 1. The molecule has 7 heteroatoms. The zero-order valence-electron chi connectivity index (χ0n) is 16.0. The maximum atomic E-state index is 11.8. The lowest BCUT2D eigenvalue weighted by Crippen LogP contribution is -3.00. The van der Waals surface area contributed by atoms with Crippen molar-refractivity contribution in [1.29, 1.82) is 0 Å². The number of rotatable bonds is 8. The minimum absolute atomic E-state index is 0. The highest BCUT2D eigenvalue weighted by molar-refractivity contribution is 5.89. The van der Waals surface area contributed by atoms with Gasteiger partial charge in [0.05, 0.1) is 19.2 Å².